The maximum Gasteiger partial charge on any atom is 0.104 e. The van der Waals surface area contributed by atoms with E-state index >= 15 is 4.57 Å². The van der Waals surface area contributed by atoms with E-state index in [1.54, 1.807) is 0 Å². The standard InChI is InChI=1S/C26H34OP.C21H22N.Ir/c27-28(24-4-2-1-3-5-24,25-12-18-6-19(13-25)8-20(7-18)14-25)26-15-21-9-22(16-26)11-23(10-21)17-26;1-14(2)10-17-6-5-7-21-19(17)8-9-20(22-21)18-12-15(3)11-16(4)13-18;/h1-4,18-23H,6-17H2;5-9,11-12,14H,10H2,1-4H3;/q2*-1;. The Labute approximate surface area is 321 Å². The molecule has 2 nitrogen and oxygen atoms in total. The van der Waals surface area contributed by atoms with Crippen LogP contribution in [-0.4, -0.2) is 15.3 Å². The van der Waals surface area contributed by atoms with Crippen molar-refractivity contribution in [1.29, 1.82) is 0 Å². The second-order valence-electron chi connectivity index (χ2n) is 18.7. The Morgan fingerprint density at radius 1 is 0.745 bits per heavy atom. The fourth-order valence-electron chi connectivity index (χ4n) is 13.5. The van der Waals surface area contributed by atoms with Gasteiger partial charge in [-0.2, -0.15) is 30.3 Å². The molecule has 8 aliphatic carbocycles. The zero-order chi connectivity index (χ0) is 34.3. The molecule has 4 aromatic rings. The molecule has 0 unspecified atom stereocenters. The van der Waals surface area contributed by atoms with Crippen LogP contribution in [0.5, 0.6) is 0 Å². The van der Waals surface area contributed by atoms with Crippen LogP contribution in [0.2, 0.25) is 0 Å². The van der Waals surface area contributed by atoms with E-state index in [2.05, 4.69) is 107 Å². The van der Waals surface area contributed by atoms with Crippen LogP contribution in [0, 0.1) is 67.4 Å². The summed E-state index contributed by atoms with van der Waals surface area (Å²) in [5.74, 6) is 5.89. The number of pyridine rings is 1. The molecule has 0 atom stereocenters. The fourth-order valence-corrected chi connectivity index (χ4v) is 19.2. The van der Waals surface area contributed by atoms with Gasteiger partial charge in [-0.3, -0.25) is 4.98 Å². The average molecular weight is 874 g/mol. The summed E-state index contributed by atoms with van der Waals surface area (Å²) in [6.45, 7) is 8.71. The summed E-state index contributed by atoms with van der Waals surface area (Å²) in [7, 11) is -2.53. The summed E-state index contributed by atoms with van der Waals surface area (Å²) in [6.07, 6.45) is 17.4. The topological polar surface area (TPSA) is 30.0 Å². The zero-order valence-corrected chi connectivity index (χ0v) is 34.5. The molecule has 4 heteroatoms. The van der Waals surface area contributed by atoms with Gasteiger partial charge in [-0.15, -0.1) is 40.2 Å². The van der Waals surface area contributed by atoms with Gasteiger partial charge in [0.05, 0.1) is 5.52 Å². The Hall–Kier alpha value is -2.05. The minimum atomic E-state index is -2.53. The smallest absolute Gasteiger partial charge is 0.104 e. The SMILES string of the molecule is Cc1[c-]c(-c2ccc3c(CC(C)C)cccc3n2)cc(C)c1.O=P(c1[c-]cccc1)(C12CC3CC(CC(C3)C1)C2)C12CC3CC(CC(C3)C1)C2.[Ir]. The van der Waals surface area contributed by atoms with E-state index < -0.39 is 7.14 Å². The minimum Gasteiger partial charge on any atom is -0.320 e. The van der Waals surface area contributed by atoms with Crippen molar-refractivity contribution in [3.05, 3.63) is 95.6 Å². The van der Waals surface area contributed by atoms with Crippen molar-refractivity contribution < 1.29 is 24.7 Å². The number of hydrogen-bond donors (Lipinski definition) is 0. The summed E-state index contributed by atoms with van der Waals surface area (Å²) in [5.41, 5.74) is 6.95. The summed E-state index contributed by atoms with van der Waals surface area (Å²) < 4.78 is 15.9. The first-order chi connectivity index (χ1) is 24.1. The van der Waals surface area contributed by atoms with Gasteiger partial charge >= 0.3 is 0 Å². The van der Waals surface area contributed by atoms with Crippen molar-refractivity contribution in [2.24, 2.45) is 41.4 Å². The minimum absolute atomic E-state index is 0. The van der Waals surface area contributed by atoms with Gasteiger partial charge in [0.25, 0.3) is 0 Å². The predicted molar refractivity (Wildman–Crippen MR) is 208 cm³/mol. The summed E-state index contributed by atoms with van der Waals surface area (Å²) in [6, 6.07) is 30.6. The molecule has 0 spiro atoms. The van der Waals surface area contributed by atoms with Crippen LogP contribution in [0.3, 0.4) is 0 Å². The van der Waals surface area contributed by atoms with Gasteiger partial charge in [0, 0.05) is 35.8 Å². The molecule has 0 saturated heterocycles. The van der Waals surface area contributed by atoms with Gasteiger partial charge in [-0.05, 0) is 142 Å². The second kappa shape index (κ2) is 13.7. The normalized spacial score (nSPS) is 33.8. The van der Waals surface area contributed by atoms with Crippen LogP contribution in [0.25, 0.3) is 22.2 Å². The van der Waals surface area contributed by atoms with Crippen molar-refractivity contribution in [2.75, 3.05) is 0 Å². The molecule has 8 saturated carbocycles. The number of benzene rings is 3. The first-order valence-corrected chi connectivity index (χ1v) is 21.8. The second-order valence-corrected chi connectivity index (χ2v) is 22.3. The maximum atomic E-state index is 15.9. The summed E-state index contributed by atoms with van der Waals surface area (Å²) in [4.78, 5) is 4.86. The Bertz CT molecular complexity index is 1810. The monoisotopic (exact) mass is 874 g/mol. The van der Waals surface area contributed by atoms with Crippen LogP contribution in [0.1, 0.15) is 108 Å². The fraction of sp³-hybridized carbons (Fsp3) is 0.553. The molecule has 1 aromatic heterocycles. The third-order valence-electron chi connectivity index (χ3n) is 14.3. The first kappa shape index (κ1) is 36.0. The van der Waals surface area contributed by atoms with Crippen molar-refractivity contribution in [3.63, 3.8) is 0 Å². The number of fused-ring (bicyclic) bond motifs is 1. The molecule has 271 valence electrons. The van der Waals surface area contributed by atoms with Crippen molar-refractivity contribution in [1.82, 2.24) is 4.98 Å². The molecule has 51 heavy (non-hydrogen) atoms. The van der Waals surface area contributed by atoms with Crippen LogP contribution in [0.4, 0.5) is 0 Å². The third kappa shape index (κ3) is 6.28. The maximum absolute atomic E-state index is 15.9. The van der Waals surface area contributed by atoms with E-state index in [0.29, 0.717) is 5.92 Å². The quantitative estimate of drug-likeness (QED) is 0.143. The Morgan fingerprint density at radius 3 is 1.80 bits per heavy atom. The molecule has 8 fully saturated rings. The first-order valence-electron chi connectivity index (χ1n) is 20.1. The molecule has 8 bridgehead atoms. The molecule has 1 heterocycles. The van der Waals surface area contributed by atoms with Crippen LogP contribution in [0.15, 0.2) is 66.7 Å². The third-order valence-corrected chi connectivity index (χ3v) is 19.0. The Balaban J connectivity index is 0.000000149. The van der Waals surface area contributed by atoms with Crippen molar-refractivity contribution in [2.45, 2.75) is 121 Å². The zero-order valence-electron chi connectivity index (χ0n) is 31.2. The molecular formula is C47H56IrNOP-2. The van der Waals surface area contributed by atoms with E-state index in [0.717, 1.165) is 64.3 Å². The van der Waals surface area contributed by atoms with Crippen LogP contribution >= 0.6 is 7.14 Å². The largest absolute Gasteiger partial charge is 0.320 e. The number of hydrogen-bond acceptors (Lipinski definition) is 2. The van der Waals surface area contributed by atoms with E-state index in [9.17, 15) is 0 Å². The molecular weight excluding hydrogens is 818 g/mol. The molecule has 12 rings (SSSR count). The molecule has 3 aromatic carbocycles. The van der Waals surface area contributed by atoms with E-state index in [1.807, 2.05) is 0 Å². The van der Waals surface area contributed by atoms with E-state index in [4.69, 9.17) is 4.98 Å². The number of rotatable bonds is 6. The Morgan fingerprint density at radius 2 is 1.31 bits per heavy atom. The van der Waals surface area contributed by atoms with Gasteiger partial charge in [-0.1, -0.05) is 52.0 Å². The summed E-state index contributed by atoms with van der Waals surface area (Å²) >= 11 is 0. The van der Waals surface area contributed by atoms with Crippen molar-refractivity contribution >= 4 is 23.3 Å². The Kier molecular flexibility index (Phi) is 9.63. The number of aryl methyl sites for hydroxylation is 2. The average Bonchev–Trinajstić information content (AvgIpc) is 3.06. The number of nitrogens with zero attached hydrogens (tertiary/aromatic N) is 1. The molecule has 1 radical (unpaired) electrons. The van der Waals surface area contributed by atoms with E-state index in [-0.39, 0.29) is 30.4 Å². The number of aromatic nitrogens is 1. The van der Waals surface area contributed by atoms with Gasteiger partial charge < -0.3 is 4.57 Å². The molecule has 0 N–H and O–H groups in total. The molecule has 0 aliphatic heterocycles. The van der Waals surface area contributed by atoms with Gasteiger partial charge in [0.2, 0.25) is 0 Å². The molecule has 0 amide bonds. The molecule has 8 aliphatic rings. The predicted octanol–water partition coefficient (Wildman–Crippen LogP) is 11.9. The van der Waals surface area contributed by atoms with Gasteiger partial charge in [-0.25, -0.2) is 0 Å². The van der Waals surface area contributed by atoms with Crippen molar-refractivity contribution in [3.8, 4) is 11.3 Å². The van der Waals surface area contributed by atoms with Gasteiger partial charge in [0.15, 0.2) is 0 Å². The van der Waals surface area contributed by atoms with Crippen LogP contribution in [-0.2, 0) is 31.1 Å². The summed E-state index contributed by atoms with van der Waals surface area (Å²) in [5, 5.41) is 2.69. The van der Waals surface area contributed by atoms with Crippen LogP contribution < -0.4 is 5.30 Å². The van der Waals surface area contributed by atoms with Gasteiger partial charge in [0.1, 0.15) is 7.14 Å². The van der Waals surface area contributed by atoms with E-state index in [1.165, 1.54) is 98.9 Å².